The quantitative estimate of drug-likeness (QED) is 0.441. The number of nitro benzene ring substituents is 1. The van der Waals surface area contributed by atoms with E-state index in [1.54, 1.807) is 0 Å². The van der Waals surface area contributed by atoms with Gasteiger partial charge in [0, 0.05) is 18.7 Å². The maximum atomic E-state index is 12.7. The fourth-order valence-electron chi connectivity index (χ4n) is 1.30. The van der Waals surface area contributed by atoms with Crippen LogP contribution in [0, 0.1) is 10.1 Å². The van der Waals surface area contributed by atoms with E-state index in [1.807, 2.05) is 5.09 Å². The lowest BCUT2D eigenvalue weighted by molar-refractivity contribution is -0.385. The van der Waals surface area contributed by atoms with Crippen LogP contribution in [-0.2, 0) is 17.3 Å². The maximum absolute atomic E-state index is 12.7. The monoisotopic (exact) mass is 298 g/mol. The van der Waals surface area contributed by atoms with E-state index in [0.717, 1.165) is 12.1 Å². The zero-order valence-electron chi connectivity index (χ0n) is 9.35. The Hall–Kier alpha value is -1.48. The summed E-state index contributed by atoms with van der Waals surface area (Å²) in [6.45, 7) is -0.517. The average Bonchev–Trinajstić information content (AvgIpc) is 2.23. The first-order valence-electron chi connectivity index (χ1n) is 4.77. The predicted molar refractivity (Wildman–Crippen MR) is 60.9 cm³/mol. The molecule has 5 N–H and O–H groups in total. The van der Waals surface area contributed by atoms with Gasteiger partial charge in [0.05, 0.1) is 10.5 Å². The minimum atomic E-state index is -4.78. The van der Waals surface area contributed by atoms with Crippen LogP contribution < -0.4 is 16.1 Å². The number of hydrogen-bond donors (Lipinski definition) is 3. The van der Waals surface area contributed by atoms with Crippen LogP contribution in [0.1, 0.15) is 11.1 Å². The first-order valence-corrected chi connectivity index (χ1v) is 6.62. The lowest BCUT2D eigenvalue weighted by Gasteiger charge is -2.14. The molecule has 0 bridgehead atoms. The van der Waals surface area contributed by atoms with Gasteiger partial charge in [-0.05, 0) is 5.56 Å². The first kappa shape index (κ1) is 15.6. The van der Waals surface area contributed by atoms with Crippen molar-refractivity contribution >= 4 is 13.3 Å². The predicted octanol–water partition coefficient (Wildman–Crippen LogP) is 1.73. The second-order valence-electron chi connectivity index (χ2n) is 3.64. The molecule has 19 heavy (non-hydrogen) atoms. The summed E-state index contributed by atoms with van der Waals surface area (Å²) < 4.78 is 49.2. The Morgan fingerprint density at radius 2 is 1.95 bits per heavy atom. The zero-order valence-corrected chi connectivity index (χ0v) is 10.2. The Kier molecular flexibility index (Phi) is 4.31. The number of alkyl halides is 3. The van der Waals surface area contributed by atoms with Crippen LogP contribution in [0.3, 0.4) is 0 Å². The van der Waals surface area contributed by atoms with Crippen molar-refractivity contribution in [1.82, 2.24) is 5.09 Å². The number of halogens is 3. The molecule has 0 unspecified atom stereocenters. The van der Waals surface area contributed by atoms with Crippen molar-refractivity contribution in [3.05, 3.63) is 39.4 Å². The number of nitrogens with one attached hydrogen (secondary N) is 1. The highest BCUT2D eigenvalue weighted by atomic mass is 31.2. The third-order valence-electron chi connectivity index (χ3n) is 2.13. The lowest BCUT2D eigenvalue weighted by Crippen LogP contribution is -2.23. The van der Waals surface area contributed by atoms with Gasteiger partial charge in [0.25, 0.3) is 13.3 Å². The van der Waals surface area contributed by atoms with E-state index in [1.165, 1.54) is 0 Å². The van der Waals surface area contributed by atoms with E-state index in [9.17, 15) is 27.9 Å². The molecule has 0 aliphatic rings. The standard InChI is InChI=1S/C8H10F3N4O3P/c9-8(10,11)7-3-6(15(16)17)2-1-5(7)4-14-19(12,13)18/h1-3H,4H2,(H5,12,13,14,18). The molecule has 0 aliphatic heterocycles. The molecule has 1 aromatic rings. The topological polar surface area (TPSA) is 124 Å². The molecule has 7 nitrogen and oxygen atoms in total. The summed E-state index contributed by atoms with van der Waals surface area (Å²) >= 11 is 0. The molecule has 0 spiro atoms. The van der Waals surface area contributed by atoms with Crippen LogP contribution in [0.15, 0.2) is 18.2 Å². The minimum absolute atomic E-state index is 0.339. The summed E-state index contributed by atoms with van der Waals surface area (Å²) in [6.07, 6.45) is -4.78. The normalized spacial score (nSPS) is 12.5. The van der Waals surface area contributed by atoms with Gasteiger partial charge in [0.1, 0.15) is 0 Å². The SMILES string of the molecule is NP(N)(=O)NCc1ccc([N+](=O)[O-])cc1C(F)(F)F. The molecule has 0 saturated carbocycles. The van der Waals surface area contributed by atoms with Gasteiger partial charge in [0.2, 0.25) is 0 Å². The molecule has 0 radical (unpaired) electrons. The number of benzene rings is 1. The molecule has 11 heteroatoms. The van der Waals surface area contributed by atoms with Gasteiger partial charge >= 0.3 is 6.18 Å². The van der Waals surface area contributed by atoms with Gasteiger partial charge in [-0.1, -0.05) is 6.07 Å². The molecule has 1 aromatic carbocycles. The van der Waals surface area contributed by atoms with Crippen LogP contribution in [0.5, 0.6) is 0 Å². The largest absolute Gasteiger partial charge is 0.416 e. The summed E-state index contributed by atoms with van der Waals surface area (Å²) in [7, 11) is -3.69. The highest BCUT2D eigenvalue weighted by Gasteiger charge is 2.35. The summed E-state index contributed by atoms with van der Waals surface area (Å²) in [5.41, 5.74) is 7.67. The molecular weight excluding hydrogens is 288 g/mol. The maximum Gasteiger partial charge on any atom is 0.416 e. The molecule has 0 aromatic heterocycles. The van der Waals surface area contributed by atoms with Crippen LogP contribution in [-0.4, -0.2) is 4.92 Å². The average molecular weight is 298 g/mol. The zero-order chi connectivity index (χ0) is 14.8. The number of non-ortho nitro benzene ring substituents is 1. The highest BCUT2D eigenvalue weighted by Crippen LogP contribution is 2.35. The molecular formula is C8H10F3N4O3P. The van der Waals surface area contributed by atoms with Crippen molar-refractivity contribution in [1.29, 1.82) is 0 Å². The Bertz CT molecular complexity index is 543. The number of nitrogens with two attached hydrogens (primary N) is 2. The van der Waals surface area contributed by atoms with Gasteiger partial charge in [-0.2, -0.15) is 13.2 Å². The van der Waals surface area contributed by atoms with Crippen molar-refractivity contribution in [2.75, 3.05) is 0 Å². The molecule has 0 heterocycles. The second kappa shape index (κ2) is 5.25. The molecule has 0 saturated heterocycles. The number of hydrogen-bond acceptors (Lipinski definition) is 3. The summed E-state index contributed by atoms with van der Waals surface area (Å²) in [5, 5.41) is 12.5. The van der Waals surface area contributed by atoms with Crippen LogP contribution in [0.25, 0.3) is 0 Å². The van der Waals surface area contributed by atoms with E-state index >= 15 is 0 Å². The number of nitro groups is 1. The third kappa shape index (κ3) is 4.60. The Morgan fingerprint density at radius 1 is 1.37 bits per heavy atom. The van der Waals surface area contributed by atoms with Gasteiger partial charge in [-0.25, -0.2) is 5.09 Å². The third-order valence-corrected chi connectivity index (χ3v) is 2.78. The van der Waals surface area contributed by atoms with E-state index in [-0.39, 0.29) is 5.56 Å². The molecule has 0 aliphatic carbocycles. The van der Waals surface area contributed by atoms with E-state index < -0.39 is 36.5 Å². The molecule has 1 rings (SSSR count). The van der Waals surface area contributed by atoms with E-state index in [4.69, 9.17) is 11.0 Å². The van der Waals surface area contributed by atoms with Crippen LogP contribution in [0.4, 0.5) is 18.9 Å². The van der Waals surface area contributed by atoms with Crippen molar-refractivity contribution < 1.29 is 22.7 Å². The Morgan fingerprint density at radius 3 is 2.37 bits per heavy atom. The fraction of sp³-hybridized carbons (Fsp3) is 0.250. The van der Waals surface area contributed by atoms with Crippen molar-refractivity contribution in [3.63, 3.8) is 0 Å². The lowest BCUT2D eigenvalue weighted by atomic mass is 10.1. The molecule has 0 amide bonds. The summed E-state index contributed by atoms with van der Waals surface area (Å²) in [5.74, 6) is 0. The van der Waals surface area contributed by atoms with Gasteiger partial charge < -0.3 is 0 Å². The van der Waals surface area contributed by atoms with Gasteiger partial charge in [0.15, 0.2) is 0 Å². The molecule has 0 atom stereocenters. The number of rotatable bonds is 4. The van der Waals surface area contributed by atoms with Crippen LogP contribution in [0.2, 0.25) is 0 Å². The van der Waals surface area contributed by atoms with Crippen LogP contribution >= 0.6 is 7.59 Å². The highest BCUT2D eigenvalue weighted by molar-refractivity contribution is 7.56. The first-order chi connectivity index (χ1) is 8.50. The summed E-state index contributed by atoms with van der Waals surface area (Å²) in [6, 6.07) is 2.21. The van der Waals surface area contributed by atoms with E-state index in [0.29, 0.717) is 6.07 Å². The van der Waals surface area contributed by atoms with Crippen molar-refractivity contribution in [3.8, 4) is 0 Å². The number of nitrogens with zero attached hydrogens (tertiary/aromatic N) is 1. The van der Waals surface area contributed by atoms with Crippen molar-refractivity contribution in [2.45, 2.75) is 12.7 Å². The van der Waals surface area contributed by atoms with Crippen molar-refractivity contribution in [2.24, 2.45) is 11.0 Å². The smallest absolute Gasteiger partial charge is 0.271 e. The molecule has 106 valence electrons. The van der Waals surface area contributed by atoms with E-state index in [2.05, 4.69) is 0 Å². The summed E-state index contributed by atoms with van der Waals surface area (Å²) in [4.78, 5) is 9.51. The second-order valence-corrected chi connectivity index (χ2v) is 5.38. The molecule has 0 fully saturated rings. The Balaban J connectivity index is 3.17. The fourth-order valence-corrected chi connectivity index (χ4v) is 1.72. The van der Waals surface area contributed by atoms with Gasteiger partial charge in [-0.3, -0.25) is 25.7 Å². The minimum Gasteiger partial charge on any atom is -0.271 e. The van der Waals surface area contributed by atoms with Gasteiger partial charge in [-0.15, -0.1) is 0 Å². The Labute approximate surface area is 105 Å².